The summed E-state index contributed by atoms with van der Waals surface area (Å²) in [6, 6.07) is 0. The molecule has 0 unspecified atom stereocenters. The second-order valence-corrected chi connectivity index (χ2v) is 12.9. The number of hydrogen-bond acceptors (Lipinski definition) is 8. The molecular weight excluding hydrogens is 826 g/mol. The van der Waals surface area contributed by atoms with Crippen molar-refractivity contribution >= 4 is 23.9 Å². The van der Waals surface area contributed by atoms with Crippen LogP contribution in [0.5, 0.6) is 0 Å². The van der Waals surface area contributed by atoms with Gasteiger partial charge in [-0.25, -0.2) is 29.1 Å². The first-order valence-corrected chi connectivity index (χ1v) is 21.9. The summed E-state index contributed by atoms with van der Waals surface area (Å²) >= 11 is 2.12. The van der Waals surface area contributed by atoms with Crippen molar-refractivity contribution < 1.29 is 81.7 Å². The Morgan fingerprint density at radius 2 is 0.483 bits per heavy atom. The Balaban J connectivity index is -0.000000148. The molecule has 0 atom stereocenters. The molecule has 0 aliphatic rings. The van der Waals surface area contributed by atoms with Gasteiger partial charge >= 0.3 is 66.0 Å². The van der Waals surface area contributed by atoms with Gasteiger partial charge in [0, 0.05) is 0 Å². The van der Waals surface area contributed by atoms with Crippen molar-refractivity contribution in [2.45, 2.75) is 182 Å². The number of hydrogen-bond donors (Lipinski definition) is 4. The van der Waals surface area contributed by atoms with Crippen LogP contribution in [0.4, 0.5) is 0 Å². The van der Waals surface area contributed by atoms with Gasteiger partial charge in [0.15, 0.2) is 22.8 Å². The van der Waals surface area contributed by atoms with E-state index in [4.69, 9.17) is 50.7 Å². The van der Waals surface area contributed by atoms with E-state index in [0.29, 0.717) is 26.2 Å². The molecule has 0 aromatic carbocycles. The molecule has 58 heavy (non-hydrogen) atoms. The van der Waals surface area contributed by atoms with Crippen molar-refractivity contribution in [3.05, 3.63) is 45.7 Å². The molecule has 0 fully saturated rings. The van der Waals surface area contributed by atoms with Gasteiger partial charge in [-0.1, -0.05) is 182 Å². The molecule has 16 nitrogen and oxygen atoms in total. The number of carboxylic acids is 4. The maximum absolute atomic E-state index is 10.7. The van der Waals surface area contributed by atoms with Crippen molar-refractivity contribution in [2.24, 2.45) is 0 Å². The predicted octanol–water partition coefficient (Wildman–Crippen LogP) is 12.6. The Labute approximate surface area is 367 Å². The molecule has 1 rings (SSSR count). The Morgan fingerprint density at radius 3 is 0.603 bits per heavy atom. The summed E-state index contributed by atoms with van der Waals surface area (Å²) in [5.74, 6) is -7.34. The zero-order chi connectivity index (χ0) is 45.8. The molecule has 0 aliphatic carbocycles. The van der Waals surface area contributed by atoms with E-state index in [1.807, 2.05) is 0 Å². The van der Waals surface area contributed by atoms with Gasteiger partial charge in [0.25, 0.3) is 0 Å². The third kappa shape index (κ3) is 51.6. The molecule has 0 spiro atoms. The van der Waals surface area contributed by atoms with Crippen molar-refractivity contribution in [1.29, 1.82) is 0 Å². The monoisotopic (exact) mass is 902 g/mol. The van der Waals surface area contributed by atoms with Crippen LogP contribution in [0.2, 0.25) is 0 Å². The van der Waals surface area contributed by atoms with Crippen LogP contribution in [0, 0.1) is 0 Å². The molecule has 1 aromatic rings. The normalized spacial score (nSPS) is 9.45. The van der Waals surface area contributed by atoms with E-state index >= 15 is 0 Å². The Hall–Kier alpha value is -2.43. The topological polar surface area (TPSA) is 304 Å². The maximum atomic E-state index is 10.7. The summed E-state index contributed by atoms with van der Waals surface area (Å²) in [5.41, 5.74) is 22.9. The second kappa shape index (κ2) is 58.9. The van der Waals surface area contributed by atoms with Crippen LogP contribution in [0.3, 0.4) is 0 Å². The van der Waals surface area contributed by atoms with Gasteiger partial charge in [0.2, 0.25) is 0 Å². The third-order valence-corrected chi connectivity index (χ3v) is 7.83. The van der Waals surface area contributed by atoms with Crippen molar-refractivity contribution in [3.63, 3.8) is 0 Å². The molecular formula is C40H76N6O10V2. The molecule has 0 saturated heterocycles. The van der Waals surface area contributed by atoms with Crippen LogP contribution in [0.1, 0.15) is 224 Å². The molecule has 336 valence electrons. The van der Waals surface area contributed by atoms with Gasteiger partial charge in [-0.2, -0.15) is 26.2 Å². The SMILES string of the molecule is CCCCCCCC[NH-].CCCCCCCC[NH-].CCCCCCCC[NH-].CCCCCCCC[NH-].O=C(O)c1nc(C(=O)O)c(C(=O)O)nc1C(=O)O.[O]=[V+2].[O]=[V+2]. The van der Waals surface area contributed by atoms with Crippen molar-refractivity contribution in [1.82, 2.24) is 9.97 Å². The molecule has 18 heteroatoms. The minimum absolute atomic E-state index is 0.617. The molecule has 8 N–H and O–H groups in total. The number of nitrogens with zero attached hydrogens (tertiary/aromatic N) is 2. The van der Waals surface area contributed by atoms with Crippen molar-refractivity contribution in [2.75, 3.05) is 26.2 Å². The van der Waals surface area contributed by atoms with E-state index in [1.165, 1.54) is 128 Å². The fourth-order valence-corrected chi connectivity index (χ4v) is 4.65. The molecule has 0 aliphatic heterocycles. The molecule has 0 saturated carbocycles. The van der Waals surface area contributed by atoms with E-state index < -0.39 is 46.7 Å². The summed E-state index contributed by atoms with van der Waals surface area (Å²) in [5, 5.41) is 34.6. The Bertz CT molecular complexity index is 899. The summed E-state index contributed by atoms with van der Waals surface area (Å²) in [6.07, 6.45) is 31.1. The summed E-state index contributed by atoms with van der Waals surface area (Å²) in [6.45, 7) is 11.4. The van der Waals surface area contributed by atoms with Gasteiger partial charge in [-0.3, -0.25) is 0 Å². The first kappa shape index (κ1) is 67.3. The number of aromatic nitrogens is 2. The second-order valence-electron chi connectivity index (χ2n) is 12.9. The number of aromatic carboxylic acids is 4. The van der Waals surface area contributed by atoms with Gasteiger partial charge in [-0.15, -0.1) is 0 Å². The molecule has 0 amide bonds. The van der Waals surface area contributed by atoms with E-state index in [-0.39, 0.29) is 0 Å². The first-order valence-electron chi connectivity index (χ1n) is 20.7. The predicted molar refractivity (Wildman–Crippen MR) is 222 cm³/mol. The van der Waals surface area contributed by atoms with Crippen LogP contribution >= 0.6 is 0 Å². The van der Waals surface area contributed by atoms with E-state index in [2.05, 4.69) is 37.7 Å². The average Bonchev–Trinajstić information content (AvgIpc) is 3.22. The fourth-order valence-electron chi connectivity index (χ4n) is 4.65. The standard InChI is InChI=1S/C8H4N2O8.4C8H18N.2O.2V/c11-5(12)1-2(6(13)14)10-4(8(17)18)3(9-1)7(15)16;4*1-2-3-4-5-6-7-8-9;;;;/h(H,11,12)(H,13,14)(H,15,16)(H,17,18);4*9H,2-8H2,1H3;;;;/q;4*-1;;;2*+2. The average molecular weight is 903 g/mol. The summed E-state index contributed by atoms with van der Waals surface area (Å²) in [7, 11) is 0. The number of unbranched alkanes of at least 4 members (excludes halogenated alkanes) is 20. The van der Waals surface area contributed by atoms with Crippen LogP contribution in [-0.2, 0) is 42.1 Å². The summed E-state index contributed by atoms with van der Waals surface area (Å²) < 4.78 is 16.4. The van der Waals surface area contributed by atoms with E-state index in [9.17, 15) is 19.2 Å². The number of carboxylic acid groups (broad SMARTS) is 4. The van der Waals surface area contributed by atoms with Crippen molar-refractivity contribution in [3.8, 4) is 0 Å². The minimum atomic E-state index is -1.83. The first-order chi connectivity index (χ1) is 27.9. The number of rotatable bonds is 28. The van der Waals surface area contributed by atoms with Crippen LogP contribution in [0.15, 0.2) is 0 Å². The Kier molecular flexibility index (Phi) is 68.4. The number of nitrogens with one attached hydrogen (secondary N) is 4. The molecule has 0 radical (unpaired) electrons. The van der Waals surface area contributed by atoms with Crippen LogP contribution < -0.4 is 0 Å². The van der Waals surface area contributed by atoms with Gasteiger partial charge in [0.05, 0.1) is 0 Å². The summed E-state index contributed by atoms with van der Waals surface area (Å²) in [4.78, 5) is 48.7. The zero-order valence-corrected chi connectivity index (χ0v) is 38.6. The zero-order valence-electron chi connectivity index (χ0n) is 35.8. The van der Waals surface area contributed by atoms with Gasteiger partial charge in [0.1, 0.15) is 0 Å². The quantitative estimate of drug-likeness (QED) is 0.0571. The Morgan fingerprint density at radius 1 is 0.345 bits per heavy atom. The number of carbonyl (C=O) groups is 4. The molecule has 1 aromatic heterocycles. The van der Waals surface area contributed by atoms with Gasteiger partial charge in [-0.05, 0) is 0 Å². The molecule has 0 bridgehead atoms. The van der Waals surface area contributed by atoms with E-state index in [1.54, 1.807) is 0 Å². The van der Waals surface area contributed by atoms with Crippen LogP contribution in [0.25, 0.3) is 22.9 Å². The van der Waals surface area contributed by atoms with Crippen LogP contribution in [-0.4, -0.2) is 80.5 Å². The fraction of sp³-hybridized carbons (Fsp3) is 0.800. The molecule has 1 heterocycles. The third-order valence-electron chi connectivity index (χ3n) is 7.83. The van der Waals surface area contributed by atoms with E-state index in [0.717, 1.165) is 60.4 Å². The van der Waals surface area contributed by atoms with Gasteiger partial charge < -0.3 is 43.4 Å².